The Morgan fingerprint density at radius 3 is 2.73 bits per heavy atom. The van der Waals surface area contributed by atoms with E-state index in [0.29, 0.717) is 10.5 Å². The van der Waals surface area contributed by atoms with E-state index in [2.05, 4.69) is 48.5 Å². The Balaban J connectivity index is 2.26. The standard InChI is InChI=1S/C10H6BrIN2O/c11-9-5-10(14-6-13-9)15-8-4-2-1-3-7(8)12/h1-6H. The van der Waals surface area contributed by atoms with Crippen molar-refractivity contribution < 1.29 is 4.74 Å². The fourth-order valence-electron chi connectivity index (χ4n) is 1.01. The van der Waals surface area contributed by atoms with Crippen LogP contribution in [0.15, 0.2) is 41.3 Å². The molecule has 1 heterocycles. The molecule has 0 aliphatic carbocycles. The molecule has 0 unspecified atom stereocenters. The molecule has 0 amide bonds. The second-order valence-electron chi connectivity index (χ2n) is 2.71. The number of ether oxygens (including phenoxy) is 1. The van der Waals surface area contributed by atoms with Crippen LogP contribution in [0, 0.1) is 3.57 Å². The lowest BCUT2D eigenvalue weighted by molar-refractivity contribution is 0.457. The van der Waals surface area contributed by atoms with Crippen molar-refractivity contribution in [3.8, 4) is 11.6 Å². The van der Waals surface area contributed by atoms with Crippen LogP contribution in [0.4, 0.5) is 0 Å². The van der Waals surface area contributed by atoms with Crippen LogP contribution in [-0.4, -0.2) is 9.97 Å². The summed E-state index contributed by atoms with van der Waals surface area (Å²) in [6.45, 7) is 0. The third kappa shape index (κ3) is 2.88. The van der Waals surface area contributed by atoms with E-state index in [1.807, 2.05) is 24.3 Å². The first kappa shape index (κ1) is 10.8. The molecule has 0 radical (unpaired) electrons. The Kier molecular flexibility index (Phi) is 3.53. The van der Waals surface area contributed by atoms with Gasteiger partial charge in [0.25, 0.3) is 0 Å². The minimum absolute atomic E-state index is 0.529. The zero-order valence-electron chi connectivity index (χ0n) is 7.52. The van der Waals surface area contributed by atoms with Gasteiger partial charge in [0.1, 0.15) is 16.7 Å². The average Bonchev–Trinajstić information content (AvgIpc) is 2.22. The summed E-state index contributed by atoms with van der Waals surface area (Å²) in [6.07, 6.45) is 1.45. The van der Waals surface area contributed by atoms with E-state index >= 15 is 0 Å². The van der Waals surface area contributed by atoms with E-state index < -0.39 is 0 Å². The Bertz CT molecular complexity index is 478. The number of benzene rings is 1. The van der Waals surface area contributed by atoms with Crippen molar-refractivity contribution >= 4 is 38.5 Å². The van der Waals surface area contributed by atoms with Crippen molar-refractivity contribution in [3.05, 3.63) is 44.8 Å². The first-order chi connectivity index (χ1) is 7.25. The molecule has 0 fully saturated rings. The molecule has 2 aromatic rings. The van der Waals surface area contributed by atoms with Crippen LogP contribution in [0.2, 0.25) is 0 Å². The van der Waals surface area contributed by atoms with Crippen LogP contribution in [0.25, 0.3) is 0 Å². The number of rotatable bonds is 2. The molecule has 1 aromatic carbocycles. The third-order valence-corrected chi connectivity index (χ3v) is 2.98. The lowest BCUT2D eigenvalue weighted by Crippen LogP contribution is -1.90. The van der Waals surface area contributed by atoms with Gasteiger partial charge in [0.15, 0.2) is 0 Å². The van der Waals surface area contributed by atoms with Gasteiger partial charge in [0.2, 0.25) is 5.88 Å². The maximum Gasteiger partial charge on any atom is 0.223 e. The van der Waals surface area contributed by atoms with Gasteiger partial charge in [-0.25, -0.2) is 9.97 Å². The van der Waals surface area contributed by atoms with Gasteiger partial charge in [0.05, 0.1) is 3.57 Å². The van der Waals surface area contributed by atoms with Crippen LogP contribution in [0.3, 0.4) is 0 Å². The molecule has 76 valence electrons. The molecule has 0 saturated heterocycles. The first-order valence-corrected chi connectivity index (χ1v) is 6.03. The number of hydrogen-bond acceptors (Lipinski definition) is 3. The summed E-state index contributed by atoms with van der Waals surface area (Å²) in [5.41, 5.74) is 0. The van der Waals surface area contributed by atoms with Crippen molar-refractivity contribution in [2.45, 2.75) is 0 Å². The number of halogens is 2. The van der Waals surface area contributed by atoms with E-state index in [0.717, 1.165) is 9.32 Å². The minimum atomic E-state index is 0.529. The molecule has 0 spiro atoms. The van der Waals surface area contributed by atoms with Gasteiger partial charge in [-0.1, -0.05) is 12.1 Å². The minimum Gasteiger partial charge on any atom is -0.438 e. The van der Waals surface area contributed by atoms with E-state index in [-0.39, 0.29) is 0 Å². The monoisotopic (exact) mass is 376 g/mol. The second-order valence-corrected chi connectivity index (χ2v) is 4.69. The Hall–Kier alpha value is -0.690. The molecule has 0 N–H and O–H groups in total. The first-order valence-electron chi connectivity index (χ1n) is 4.15. The molecule has 15 heavy (non-hydrogen) atoms. The normalized spacial score (nSPS) is 10.0. The smallest absolute Gasteiger partial charge is 0.223 e. The maximum absolute atomic E-state index is 5.60. The van der Waals surface area contributed by atoms with Gasteiger partial charge in [-0.05, 0) is 50.7 Å². The summed E-state index contributed by atoms with van der Waals surface area (Å²) in [7, 11) is 0. The lowest BCUT2D eigenvalue weighted by Gasteiger charge is -2.05. The molecule has 3 nitrogen and oxygen atoms in total. The van der Waals surface area contributed by atoms with Crippen molar-refractivity contribution in [2.24, 2.45) is 0 Å². The topological polar surface area (TPSA) is 35.0 Å². The molecular formula is C10H6BrIN2O. The van der Waals surface area contributed by atoms with Crippen LogP contribution in [0.5, 0.6) is 11.6 Å². The summed E-state index contributed by atoms with van der Waals surface area (Å²) < 4.78 is 7.35. The predicted molar refractivity (Wildman–Crippen MR) is 69.0 cm³/mol. The molecule has 0 atom stereocenters. The number of nitrogens with zero attached hydrogens (tertiary/aromatic N) is 2. The SMILES string of the molecule is Brc1cc(Oc2ccccc2I)ncn1. The molecule has 0 bridgehead atoms. The largest absolute Gasteiger partial charge is 0.438 e. The highest BCUT2D eigenvalue weighted by atomic mass is 127. The molecule has 0 aliphatic heterocycles. The van der Waals surface area contributed by atoms with Gasteiger partial charge in [0, 0.05) is 6.07 Å². The highest BCUT2D eigenvalue weighted by molar-refractivity contribution is 14.1. The maximum atomic E-state index is 5.60. The number of aromatic nitrogens is 2. The second kappa shape index (κ2) is 4.89. The molecule has 1 aromatic heterocycles. The van der Waals surface area contributed by atoms with Gasteiger partial charge in [-0.3, -0.25) is 0 Å². The quantitative estimate of drug-likeness (QED) is 0.593. The molecule has 0 aliphatic rings. The highest BCUT2D eigenvalue weighted by Crippen LogP contribution is 2.25. The van der Waals surface area contributed by atoms with E-state index in [1.165, 1.54) is 6.33 Å². The summed E-state index contributed by atoms with van der Waals surface area (Å²) in [5, 5.41) is 0. The summed E-state index contributed by atoms with van der Waals surface area (Å²) in [6, 6.07) is 9.49. The summed E-state index contributed by atoms with van der Waals surface area (Å²) in [5.74, 6) is 1.32. The van der Waals surface area contributed by atoms with E-state index in [4.69, 9.17) is 4.74 Å². The van der Waals surface area contributed by atoms with E-state index in [1.54, 1.807) is 6.07 Å². The molecular weight excluding hydrogens is 371 g/mol. The third-order valence-electron chi connectivity index (χ3n) is 1.66. The Labute approximate surface area is 109 Å². The van der Waals surface area contributed by atoms with Gasteiger partial charge >= 0.3 is 0 Å². The van der Waals surface area contributed by atoms with Crippen LogP contribution in [0.1, 0.15) is 0 Å². The number of para-hydroxylation sites is 1. The zero-order chi connectivity index (χ0) is 10.7. The highest BCUT2D eigenvalue weighted by Gasteiger charge is 2.02. The van der Waals surface area contributed by atoms with Gasteiger partial charge < -0.3 is 4.74 Å². The fourth-order valence-corrected chi connectivity index (χ4v) is 1.80. The van der Waals surface area contributed by atoms with Crippen LogP contribution >= 0.6 is 38.5 Å². The van der Waals surface area contributed by atoms with Crippen LogP contribution < -0.4 is 4.74 Å². The van der Waals surface area contributed by atoms with E-state index in [9.17, 15) is 0 Å². The van der Waals surface area contributed by atoms with Crippen molar-refractivity contribution in [3.63, 3.8) is 0 Å². The predicted octanol–water partition coefficient (Wildman–Crippen LogP) is 3.64. The Morgan fingerprint density at radius 2 is 2.00 bits per heavy atom. The van der Waals surface area contributed by atoms with Crippen molar-refractivity contribution in [1.82, 2.24) is 9.97 Å². The lowest BCUT2D eigenvalue weighted by atomic mass is 10.3. The zero-order valence-corrected chi connectivity index (χ0v) is 11.3. The fraction of sp³-hybridized carbons (Fsp3) is 0. The summed E-state index contributed by atoms with van der Waals surface area (Å²) in [4.78, 5) is 7.94. The summed E-state index contributed by atoms with van der Waals surface area (Å²) >= 11 is 5.48. The molecule has 5 heteroatoms. The molecule has 2 rings (SSSR count). The van der Waals surface area contributed by atoms with Gasteiger partial charge in [-0.15, -0.1) is 0 Å². The molecule has 0 saturated carbocycles. The van der Waals surface area contributed by atoms with Gasteiger partial charge in [-0.2, -0.15) is 0 Å². The number of hydrogen-bond donors (Lipinski definition) is 0. The Morgan fingerprint density at radius 1 is 1.20 bits per heavy atom. The average molecular weight is 377 g/mol. The van der Waals surface area contributed by atoms with Crippen molar-refractivity contribution in [1.29, 1.82) is 0 Å². The van der Waals surface area contributed by atoms with Crippen LogP contribution in [-0.2, 0) is 0 Å². The van der Waals surface area contributed by atoms with Crippen molar-refractivity contribution in [2.75, 3.05) is 0 Å².